The van der Waals surface area contributed by atoms with Crippen molar-refractivity contribution in [3.05, 3.63) is 59.6 Å². The zero-order chi connectivity index (χ0) is 19.9. The fraction of sp³-hybridized carbons (Fsp3) is 0.333. The van der Waals surface area contributed by atoms with Crippen LogP contribution in [0.5, 0.6) is 5.75 Å². The number of anilines is 1. The molecule has 1 heterocycles. The van der Waals surface area contributed by atoms with Gasteiger partial charge in [0.05, 0.1) is 0 Å². The molecule has 1 fully saturated rings. The van der Waals surface area contributed by atoms with Gasteiger partial charge in [0.15, 0.2) is 6.61 Å². The number of halogens is 1. The first-order chi connectivity index (χ1) is 13.5. The number of hydrogen-bond donors (Lipinski definition) is 1. The average molecular weight is 402 g/mol. The molecule has 0 aromatic heterocycles. The van der Waals surface area contributed by atoms with Crippen LogP contribution in [-0.2, 0) is 9.59 Å². The van der Waals surface area contributed by atoms with Crippen LogP contribution in [0, 0.1) is 0 Å². The van der Waals surface area contributed by atoms with E-state index in [0.717, 1.165) is 18.8 Å². The molecule has 0 aliphatic carbocycles. The van der Waals surface area contributed by atoms with Gasteiger partial charge in [-0.15, -0.1) is 0 Å². The van der Waals surface area contributed by atoms with Crippen molar-refractivity contribution in [3.63, 3.8) is 0 Å². The minimum Gasteiger partial charge on any atom is -0.484 e. The number of rotatable bonds is 6. The molecule has 1 unspecified atom stereocenters. The van der Waals surface area contributed by atoms with Crippen LogP contribution >= 0.6 is 11.6 Å². The van der Waals surface area contributed by atoms with E-state index in [2.05, 4.69) is 10.2 Å². The predicted molar refractivity (Wildman–Crippen MR) is 110 cm³/mol. The van der Waals surface area contributed by atoms with E-state index >= 15 is 0 Å². The minimum atomic E-state index is -0.593. The van der Waals surface area contributed by atoms with Crippen molar-refractivity contribution in [2.45, 2.75) is 13.0 Å². The highest BCUT2D eigenvalue weighted by Crippen LogP contribution is 2.21. The Hall–Kier alpha value is -2.73. The summed E-state index contributed by atoms with van der Waals surface area (Å²) in [4.78, 5) is 28.7. The second-order valence-corrected chi connectivity index (χ2v) is 7.12. The number of para-hydroxylation sites is 1. The summed E-state index contributed by atoms with van der Waals surface area (Å²) in [5.74, 6) is 0.217. The van der Waals surface area contributed by atoms with Crippen LogP contribution in [0.4, 0.5) is 5.69 Å². The smallest absolute Gasteiger partial charge is 0.258 e. The number of carbonyl (C=O) groups excluding carboxylic acids is 2. The van der Waals surface area contributed by atoms with Crippen LogP contribution in [0.25, 0.3) is 0 Å². The van der Waals surface area contributed by atoms with E-state index in [1.807, 2.05) is 42.5 Å². The summed E-state index contributed by atoms with van der Waals surface area (Å²) in [6, 6.07) is 16.2. The largest absolute Gasteiger partial charge is 0.484 e. The summed E-state index contributed by atoms with van der Waals surface area (Å²) in [5.41, 5.74) is 1.05. The summed E-state index contributed by atoms with van der Waals surface area (Å²) in [6.07, 6.45) is 0. The highest BCUT2D eigenvalue weighted by molar-refractivity contribution is 6.30. The van der Waals surface area contributed by atoms with E-state index in [1.165, 1.54) is 0 Å². The second kappa shape index (κ2) is 9.46. The Bertz CT molecular complexity index is 808. The number of nitrogens with one attached hydrogen (secondary N) is 1. The fourth-order valence-electron chi connectivity index (χ4n) is 3.14. The van der Waals surface area contributed by atoms with Gasteiger partial charge in [-0.2, -0.15) is 0 Å². The van der Waals surface area contributed by atoms with E-state index in [1.54, 1.807) is 24.0 Å². The van der Waals surface area contributed by atoms with E-state index in [0.29, 0.717) is 23.9 Å². The molecular formula is C21H24ClN3O3. The maximum Gasteiger partial charge on any atom is 0.258 e. The van der Waals surface area contributed by atoms with Crippen molar-refractivity contribution in [2.24, 2.45) is 0 Å². The molecule has 0 bridgehead atoms. The van der Waals surface area contributed by atoms with Gasteiger partial charge in [0.1, 0.15) is 11.8 Å². The first kappa shape index (κ1) is 20.0. The molecule has 3 rings (SSSR count). The quantitative estimate of drug-likeness (QED) is 0.808. The third kappa shape index (κ3) is 5.39. The Labute approximate surface area is 170 Å². The van der Waals surface area contributed by atoms with Crippen LogP contribution in [0.2, 0.25) is 5.02 Å². The molecule has 6 nitrogen and oxygen atoms in total. The number of benzene rings is 2. The van der Waals surface area contributed by atoms with Crippen molar-refractivity contribution in [2.75, 3.05) is 37.7 Å². The average Bonchev–Trinajstić information content (AvgIpc) is 2.72. The van der Waals surface area contributed by atoms with E-state index < -0.39 is 6.04 Å². The Morgan fingerprint density at radius 3 is 2.46 bits per heavy atom. The summed E-state index contributed by atoms with van der Waals surface area (Å²) in [6.45, 7) is 4.24. The van der Waals surface area contributed by atoms with Crippen LogP contribution in [0.15, 0.2) is 54.6 Å². The first-order valence-corrected chi connectivity index (χ1v) is 9.67. The van der Waals surface area contributed by atoms with Crippen LogP contribution in [0.3, 0.4) is 0 Å². The standard InChI is InChI=1S/C21H24ClN3O3/c1-16(23-20(26)15-28-19-8-3-2-4-9-19)21(27)25-12-10-24(11-13-25)18-7-5-6-17(22)14-18/h2-9,14,16H,10-13,15H2,1H3,(H,23,26). The lowest BCUT2D eigenvalue weighted by atomic mass is 10.2. The zero-order valence-corrected chi connectivity index (χ0v) is 16.6. The number of piperazine rings is 1. The molecule has 1 saturated heterocycles. The summed E-state index contributed by atoms with van der Waals surface area (Å²) >= 11 is 6.06. The molecule has 148 valence electrons. The molecule has 1 aliphatic heterocycles. The van der Waals surface area contributed by atoms with Crippen molar-refractivity contribution in [1.82, 2.24) is 10.2 Å². The van der Waals surface area contributed by atoms with Crippen molar-refractivity contribution >= 4 is 29.1 Å². The number of ether oxygens (including phenoxy) is 1. The molecule has 2 aromatic carbocycles. The number of amides is 2. The van der Waals surface area contributed by atoms with Crippen molar-refractivity contribution in [1.29, 1.82) is 0 Å². The zero-order valence-electron chi connectivity index (χ0n) is 15.8. The first-order valence-electron chi connectivity index (χ1n) is 9.29. The predicted octanol–water partition coefficient (Wildman–Crippen LogP) is 2.57. The summed E-state index contributed by atoms with van der Waals surface area (Å²) in [7, 11) is 0. The lowest BCUT2D eigenvalue weighted by Crippen LogP contribution is -2.54. The minimum absolute atomic E-state index is 0.0844. The molecule has 7 heteroatoms. The van der Waals surface area contributed by atoms with Gasteiger partial charge in [-0.05, 0) is 37.3 Å². The molecule has 0 spiro atoms. The Morgan fingerprint density at radius 2 is 1.79 bits per heavy atom. The van der Waals surface area contributed by atoms with E-state index in [4.69, 9.17) is 16.3 Å². The maximum absolute atomic E-state index is 12.6. The molecule has 0 saturated carbocycles. The van der Waals surface area contributed by atoms with Gasteiger partial charge in [-0.25, -0.2) is 0 Å². The molecule has 0 radical (unpaired) electrons. The second-order valence-electron chi connectivity index (χ2n) is 6.68. The molecule has 2 amide bonds. The monoisotopic (exact) mass is 401 g/mol. The third-order valence-corrected chi connectivity index (χ3v) is 4.86. The van der Waals surface area contributed by atoms with Crippen LogP contribution < -0.4 is 15.0 Å². The van der Waals surface area contributed by atoms with E-state index in [-0.39, 0.29) is 18.4 Å². The van der Waals surface area contributed by atoms with Gasteiger partial charge in [0, 0.05) is 36.9 Å². The van der Waals surface area contributed by atoms with Crippen molar-refractivity contribution in [3.8, 4) is 5.75 Å². The van der Waals surface area contributed by atoms with Crippen molar-refractivity contribution < 1.29 is 14.3 Å². The van der Waals surface area contributed by atoms with Crippen LogP contribution in [-0.4, -0.2) is 55.5 Å². The SMILES string of the molecule is CC(NC(=O)COc1ccccc1)C(=O)N1CCN(c2cccc(Cl)c2)CC1. The summed E-state index contributed by atoms with van der Waals surface area (Å²) < 4.78 is 5.41. The normalized spacial score (nSPS) is 15.1. The van der Waals surface area contributed by atoms with Gasteiger partial charge < -0.3 is 19.9 Å². The molecule has 1 aliphatic rings. The van der Waals surface area contributed by atoms with Crippen LogP contribution in [0.1, 0.15) is 6.92 Å². The Balaban J connectivity index is 1.44. The Kier molecular flexibility index (Phi) is 6.76. The highest BCUT2D eigenvalue weighted by Gasteiger charge is 2.26. The lowest BCUT2D eigenvalue weighted by molar-refractivity contribution is -0.136. The highest BCUT2D eigenvalue weighted by atomic mass is 35.5. The van der Waals surface area contributed by atoms with Gasteiger partial charge >= 0.3 is 0 Å². The molecule has 1 atom stereocenters. The van der Waals surface area contributed by atoms with Gasteiger partial charge in [0.2, 0.25) is 5.91 Å². The number of carbonyl (C=O) groups is 2. The van der Waals surface area contributed by atoms with Gasteiger partial charge in [-0.3, -0.25) is 9.59 Å². The Morgan fingerprint density at radius 1 is 1.07 bits per heavy atom. The van der Waals surface area contributed by atoms with Gasteiger partial charge in [0.25, 0.3) is 5.91 Å². The number of hydrogen-bond acceptors (Lipinski definition) is 4. The topological polar surface area (TPSA) is 61.9 Å². The lowest BCUT2D eigenvalue weighted by Gasteiger charge is -2.37. The molecule has 28 heavy (non-hydrogen) atoms. The molecule has 2 aromatic rings. The summed E-state index contributed by atoms with van der Waals surface area (Å²) in [5, 5.41) is 3.41. The van der Waals surface area contributed by atoms with E-state index in [9.17, 15) is 9.59 Å². The maximum atomic E-state index is 12.6. The third-order valence-electron chi connectivity index (χ3n) is 4.63. The van der Waals surface area contributed by atoms with Gasteiger partial charge in [-0.1, -0.05) is 35.9 Å². The molecular weight excluding hydrogens is 378 g/mol. The molecule has 1 N–H and O–H groups in total. The fourth-order valence-corrected chi connectivity index (χ4v) is 3.33. The number of nitrogens with zero attached hydrogens (tertiary/aromatic N) is 2.